The van der Waals surface area contributed by atoms with Gasteiger partial charge in [0.15, 0.2) is 0 Å². The zero-order valence-electron chi connectivity index (χ0n) is 10.1. The van der Waals surface area contributed by atoms with E-state index in [4.69, 9.17) is 5.73 Å². The smallest absolute Gasteiger partial charge is 0.218 e. The van der Waals surface area contributed by atoms with Crippen molar-refractivity contribution in [3.8, 4) is 0 Å². The summed E-state index contributed by atoms with van der Waals surface area (Å²) in [7, 11) is 0. The summed E-state index contributed by atoms with van der Waals surface area (Å²) in [5, 5.41) is 5.53. The molecule has 1 aromatic heterocycles. The maximum absolute atomic E-state index is 10.8. The van der Waals surface area contributed by atoms with Gasteiger partial charge in [0.25, 0.3) is 0 Å². The second kappa shape index (κ2) is 6.01. The van der Waals surface area contributed by atoms with Gasteiger partial charge in [0.2, 0.25) is 5.91 Å². The highest BCUT2D eigenvalue weighted by atomic mass is 32.1. The first-order valence-electron chi connectivity index (χ1n) is 5.58. The molecule has 0 spiro atoms. The highest BCUT2D eigenvalue weighted by Crippen LogP contribution is 2.26. The molecule has 1 aromatic rings. The van der Waals surface area contributed by atoms with E-state index in [1.807, 2.05) is 6.92 Å². The van der Waals surface area contributed by atoms with Crippen molar-refractivity contribution in [2.24, 2.45) is 11.7 Å². The minimum absolute atomic E-state index is 0.118. The molecule has 16 heavy (non-hydrogen) atoms. The van der Waals surface area contributed by atoms with Gasteiger partial charge < -0.3 is 11.1 Å². The first-order chi connectivity index (χ1) is 7.50. The van der Waals surface area contributed by atoms with Gasteiger partial charge in [-0.05, 0) is 24.3 Å². The number of carbonyl (C=O) groups excluding carboxylic acids is 1. The van der Waals surface area contributed by atoms with Crippen LogP contribution in [0.5, 0.6) is 0 Å². The van der Waals surface area contributed by atoms with Crippen molar-refractivity contribution in [3.05, 3.63) is 22.4 Å². The number of nitrogens with two attached hydrogens (primary N) is 1. The highest BCUT2D eigenvalue weighted by Gasteiger charge is 2.19. The monoisotopic (exact) mass is 240 g/mol. The summed E-state index contributed by atoms with van der Waals surface area (Å²) in [5.74, 6) is 0.239. The predicted octanol–water partition coefficient (Wildman–Crippen LogP) is 2.30. The number of amides is 1. The van der Waals surface area contributed by atoms with Gasteiger partial charge >= 0.3 is 0 Å². The molecule has 1 heterocycles. The summed E-state index contributed by atoms with van der Waals surface area (Å²) in [4.78, 5) is 12.1. The quantitative estimate of drug-likeness (QED) is 0.801. The van der Waals surface area contributed by atoms with Crippen molar-refractivity contribution in [2.45, 2.75) is 39.3 Å². The molecule has 90 valence electrons. The van der Waals surface area contributed by atoms with Crippen LogP contribution in [-0.4, -0.2) is 11.9 Å². The molecule has 0 saturated heterocycles. The van der Waals surface area contributed by atoms with Crippen molar-refractivity contribution in [1.82, 2.24) is 5.32 Å². The molecular formula is C12H20N2OS. The molecule has 1 rings (SSSR count). The second-order valence-electron chi connectivity index (χ2n) is 4.48. The van der Waals surface area contributed by atoms with Crippen molar-refractivity contribution in [2.75, 3.05) is 0 Å². The Balaban J connectivity index is 2.62. The summed E-state index contributed by atoms with van der Waals surface area (Å²) in [6.07, 6.45) is 0.384. The number of carbonyl (C=O) groups is 1. The number of primary amides is 1. The van der Waals surface area contributed by atoms with E-state index in [-0.39, 0.29) is 11.9 Å². The number of thiophene rings is 1. The fourth-order valence-electron chi connectivity index (χ4n) is 1.74. The molecule has 2 atom stereocenters. The first kappa shape index (κ1) is 13.2. The van der Waals surface area contributed by atoms with Gasteiger partial charge in [-0.1, -0.05) is 19.9 Å². The zero-order valence-corrected chi connectivity index (χ0v) is 10.9. The van der Waals surface area contributed by atoms with Crippen molar-refractivity contribution in [1.29, 1.82) is 0 Å². The Morgan fingerprint density at radius 3 is 2.62 bits per heavy atom. The standard InChI is InChI=1S/C12H20N2OS/c1-8(2)12(10-5-4-6-16-10)14-9(3)7-11(13)15/h4-6,8-9,12,14H,7H2,1-3H3,(H2,13,15)/t9-,12+/m1/s1. The number of hydrogen-bond acceptors (Lipinski definition) is 3. The van der Waals surface area contributed by atoms with Gasteiger partial charge in [0, 0.05) is 23.4 Å². The Bertz CT molecular complexity index is 322. The fourth-order valence-corrected chi connectivity index (χ4v) is 2.70. The summed E-state index contributed by atoms with van der Waals surface area (Å²) in [5.41, 5.74) is 5.19. The Morgan fingerprint density at radius 2 is 2.19 bits per heavy atom. The van der Waals surface area contributed by atoms with Crippen LogP contribution in [0.1, 0.15) is 38.1 Å². The molecule has 0 saturated carbocycles. The minimum Gasteiger partial charge on any atom is -0.370 e. The molecule has 3 nitrogen and oxygen atoms in total. The van der Waals surface area contributed by atoms with E-state index >= 15 is 0 Å². The minimum atomic E-state index is -0.256. The van der Waals surface area contributed by atoms with E-state index in [0.29, 0.717) is 18.4 Å². The van der Waals surface area contributed by atoms with Crippen LogP contribution in [0.4, 0.5) is 0 Å². The predicted molar refractivity (Wildman–Crippen MR) is 68.3 cm³/mol. The topological polar surface area (TPSA) is 55.1 Å². The Morgan fingerprint density at radius 1 is 1.50 bits per heavy atom. The van der Waals surface area contributed by atoms with Crippen LogP contribution >= 0.6 is 11.3 Å². The third-order valence-electron chi connectivity index (χ3n) is 2.49. The summed E-state index contributed by atoms with van der Waals surface area (Å²) < 4.78 is 0. The van der Waals surface area contributed by atoms with Gasteiger partial charge in [-0.25, -0.2) is 0 Å². The van der Waals surface area contributed by atoms with Crippen molar-refractivity contribution >= 4 is 17.2 Å². The molecule has 0 bridgehead atoms. The normalized spacial score (nSPS) is 15.0. The van der Waals surface area contributed by atoms with E-state index in [1.54, 1.807) is 11.3 Å². The van der Waals surface area contributed by atoms with E-state index in [0.717, 1.165) is 0 Å². The van der Waals surface area contributed by atoms with Gasteiger partial charge in [-0.3, -0.25) is 4.79 Å². The van der Waals surface area contributed by atoms with Gasteiger partial charge in [-0.15, -0.1) is 11.3 Å². The van der Waals surface area contributed by atoms with Crippen LogP contribution in [0.2, 0.25) is 0 Å². The molecule has 0 aliphatic heterocycles. The lowest BCUT2D eigenvalue weighted by molar-refractivity contribution is -0.118. The summed E-state index contributed by atoms with van der Waals surface area (Å²) in [6, 6.07) is 4.59. The second-order valence-corrected chi connectivity index (χ2v) is 5.45. The van der Waals surface area contributed by atoms with Crippen molar-refractivity contribution in [3.63, 3.8) is 0 Å². The number of rotatable bonds is 6. The van der Waals surface area contributed by atoms with Crippen LogP contribution in [0.3, 0.4) is 0 Å². The number of hydrogen-bond donors (Lipinski definition) is 2. The van der Waals surface area contributed by atoms with Crippen LogP contribution in [0.25, 0.3) is 0 Å². The van der Waals surface area contributed by atoms with Crippen LogP contribution in [0.15, 0.2) is 17.5 Å². The molecule has 0 aliphatic carbocycles. The lowest BCUT2D eigenvalue weighted by Crippen LogP contribution is -2.35. The SMILES string of the molecule is CC(C)[C@H](N[C@H](C)CC(N)=O)c1cccs1. The largest absolute Gasteiger partial charge is 0.370 e. The molecule has 0 radical (unpaired) electrons. The summed E-state index contributed by atoms with van der Waals surface area (Å²) >= 11 is 1.74. The Labute approximate surface area is 101 Å². The third kappa shape index (κ3) is 3.94. The lowest BCUT2D eigenvalue weighted by Gasteiger charge is -2.25. The highest BCUT2D eigenvalue weighted by molar-refractivity contribution is 7.10. The molecule has 0 fully saturated rings. The molecule has 0 aliphatic rings. The van der Waals surface area contributed by atoms with Crippen LogP contribution in [0, 0.1) is 5.92 Å². The third-order valence-corrected chi connectivity index (χ3v) is 3.44. The average Bonchev–Trinajstić information content (AvgIpc) is 2.64. The zero-order chi connectivity index (χ0) is 12.1. The van der Waals surface area contributed by atoms with Crippen molar-refractivity contribution < 1.29 is 4.79 Å². The molecule has 0 unspecified atom stereocenters. The van der Waals surface area contributed by atoms with Gasteiger partial charge in [-0.2, -0.15) is 0 Å². The van der Waals surface area contributed by atoms with E-state index in [9.17, 15) is 4.79 Å². The molecule has 0 aromatic carbocycles. The number of nitrogens with one attached hydrogen (secondary N) is 1. The van der Waals surface area contributed by atoms with Crippen LogP contribution in [-0.2, 0) is 4.79 Å². The van der Waals surface area contributed by atoms with Gasteiger partial charge in [0.05, 0.1) is 0 Å². The van der Waals surface area contributed by atoms with E-state index in [1.165, 1.54) is 4.88 Å². The average molecular weight is 240 g/mol. The first-order valence-corrected chi connectivity index (χ1v) is 6.46. The van der Waals surface area contributed by atoms with E-state index < -0.39 is 0 Å². The Kier molecular flexibility index (Phi) is 4.96. The maximum atomic E-state index is 10.8. The molecule has 4 heteroatoms. The maximum Gasteiger partial charge on any atom is 0.218 e. The fraction of sp³-hybridized carbons (Fsp3) is 0.583. The van der Waals surface area contributed by atoms with Gasteiger partial charge in [0.1, 0.15) is 0 Å². The molecule has 1 amide bonds. The molecule has 3 N–H and O–H groups in total. The lowest BCUT2D eigenvalue weighted by atomic mass is 10.0. The Hall–Kier alpha value is -0.870. The van der Waals surface area contributed by atoms with E-state index in [2.05, 4.69) is 36.7 Å². The summed E-state index contributed by atoms with van der Waals surface area (Å²) in [6.45, 7) is 6.34. The molecular weight excluding hydrogens is 220 g/mol. The van der Waals surface area contributed by atoms with Crippen LogP contribution < -0.4 is 11.1 Å².